The number of fused-ring (bicyclic) bond motifs is 1. The van der Waals surface area contributed by atoms with E-state index in [0.717, 1.165) is 37.2 Å². The van der Waals surface area contributed by atoms with Crippen molar-refractivity contribution in [2.75, 3.05) is 26.5 Å². The first-order chi connectivity index (χ1) is 11.2. The summed E-state index contributed by atoms with van der Waals surface area (Å²) in [5, 5.41) is 4.05. The average Bonchev–Trinajstić information content (AvgIpc) is 2.86. The van der Waals surface area contributed by atoms with E-state index in [1.807, 2.05) is 30.0 Å². The quantitative estimate of drug-likeness (QED) is 0.632. The number of likely N-dealkylation sites (tertiary alicyclic amines) is 1. The molecule has 0 saturated carbocycles. The minimum Gasteiger partial charge on any atom is -0.454 e. The molecule has 1 saturated heterocycles. The van der Waals surface area contributed by atoms with E-state index in [-0.39, 0.29) is 19.3 Å². The van der Waals surface area contributed by atoms with Gasteiger partial charge in [0, 0.05) is 18.7 Å². The van der Waals surface area contributed by atoms with Crippen LogP contribution < -0.4 is 9.47 Å². The first-order valence-electron chi connectivity index (χ1n) is 8.08. The molecule has 124 valence electrons. The zero-order chi connectivity index (χ0) is 16.1. The number of hydrogen-bond acceptors (Lipinski definition) is 5. The van der Waals surface area contributed by atoms with Gasteiger partial charge in [0.05, 0.1) is 5.71 Å². The molecule has 3 rings (SSSR count). The maximum absolute atomic E-state index is 12.1. The molecule has 0 unspecified atom stereocenters. The second-order valence-electron chi connectivity index (χ2n) is 5.81. The molecule has 0 spiro atoms. The summed E-state index contributed by atoms with van der Waals surface area (Å²) >= 11 is 0. The number of oxime groups is 1. The van der Waals surface area contributed by atoms with Crippen molar-refractivity contribution < 1.29 is 19.1 Å². The van der Waals surface area contributed by atoms with Crippen LogP contribution in [0, 0.1) is 0 Å². The molecule has 0 bridgehead atoms. The van der Waals surface area contributed by atoms with Gasteiger partial charge in [-0.15, -0.1) is 0 Å². The average molecular weight is 318 g/mol. The van der Waals surface area contributed by atoms with Gasteiger partial charge in [-0.1, -0.05) is 18.0 Å². The number of hydrogen-bond donors (Lipinski definition) is 0. The molecule has 2 heterocycles. The maximum atomic E-state index is 12.1. The molecule has 0 aromatic heterocycles. The Labute approximate surface area is 136 Å². The van der Waals surface area contributed by atoms with E-state index in [4.69, 9.17) is 14.3 Å². The molecule has 0 atom stereocenters. The Morgan fingerprint density at radius 1 is 1.17 bits per heavy atom. The second-order valence-corrected chi connectivity index (χ2v) is 5.81. The van der Waals surface area contributed by atoms with E-state index in [0.29, 0.717) is 11.5 Å². The van der Waals surface area contributed by atoms with Crippen molar-refractivity contribution in [1.82, 2.24) is 4.90 Å². The molecule has 6 nitrogen and oxygen atoms in total. The van der Waals surface area contributed by atoms with Gasteiger partial charge >= 0.3 is 0 Å². The highest BCUT2D eigenvalue weighted by atomic mass is 16.7. The number of carbonyl (C=O) groups excluding carboxylic acids is 1. The topological polar surface area (TPSA) is 60.4 Å². The van der Waals surface area contributed by atoms with Crippen molar-refractivity contribution in [2.24, 2.45) is 5.16 Å². The van der Waals surface area contributed by atoms with Crippen LogP contribution in [0.5, 0.6) is 11.5 Å². The van der Waals surface area contributed by atoms with Crippen LogP contribution >= 0.6 is 0 Å². The van der Waals surface area contributed by atoms with Crippen molar-refractivity contribution in [1.29, 1.82) is 0 Å². The Bertz CT molecular complexity index is 592. The van der Waals surface area contributed by atoms with Gasteiger partial charge in [-0.25, -0.2) is 0 Å². The van der Waals surface area contributed by atoms with E-state index in [9.17, 15) is 4.79 Å². The van der Waals surface area contributed by atoms with Gasteiger partial charge in [0.2, 0.25) is 6.79 Å². The fraction of sp³-hybridized carbons (Fsp3) is 0.529. The van der Waals surface area contributed by atoms with Gasteiger partial charge in [-0.3, -0.25) is 4.79 Å². The Morgan fingerprint density at radius 3 is 2.70 bits per heavy atom. The number of benzene rings is 1. The SMILES string of the molecule is C/C(=N/OCC(=O)N1CCCCCC1)c1ccc2c(c1)OCO2. The fourth-order valence-corrected chi connectivity index (χ4v) is 2.77. The van der Waals surface area contributed by atoms with Crippen molar-refractivity contribution in [2.45, 2.75) is 32.6 Å². The molecule has 0 aliphatic carbocycles. The van der Waals surface area contributed by atoms with Crippen LogP contribution in [-0.2, 0) is 9.63 Å². The summed E-state index contributed by atoms with van der Waals surface area (Å²) in [6, 6.07) is 5.60. The lowest BCUT2D eigenvalue weighted by atomic mass is 10.1. The maximum Gasteiger partial charge on any atom is 0.263 e. The number of carbonyl (C=O) groups is 1. The molecule has 1 amide bonds. The Kier molecular flexibility index (Phi) is 5.00. The lowest BCUT2D eigenvalue weighted by molar-refractivity contribution is -0.136. The first kappa shape index (κ1) is 15.6. The molecule has 1 aromatic rings. The predicted octanol–water partition coefficient (Wildman–Crippen LogP) is 2.56. The molecular formula is C17H22N2O4. The van der Waals surface area contributed by atoms with E-state index < -0.39 is 0 Å². The van der Waals surface area contributed by atoms with Gasteiger partial charge in [0.1, 0.15) is 0 Å². The van der Waals surface area contributed by atoms with Crippen molar-refractivity contribution in [3.05, 3.63) is 23.8 Å². The second kappa shape index (κ2) is 7.35. The summed E-state index contributed by atoms with van der Waals surface area (Å²) in [4.78, 5) is 19.2. The van der Waals surface area contributed by atoms with Crippen LogP contribution in [0.4, 0.5) is 0 Å². The Morgan fingerprint density at radius 2 is 1.91 bits per heavy atom. The standard InChI is InChI=1S/C17H22N2O4/c1-13(14-6-7-15-16(10-14)22-12-21-15)18-23-11-17(20)19-8-4-2-3-5-9-19/h6-7,10H,2-5,8-9,11-12H2,1H3/b18-13-. The summed E-state index contributed by atoms with van der Waals surface area (Å²) in [6.45, 7) is 3.73. The van der Waals surface area contributed by atoms with Crippen LogP contribution in [0.25, 0.3) is 0 Å². The predicted molar refractivity (Wildman–Crippen MR) is 85.8 cm³/mol. The Balaban J connectivity index is 1.53. The normalized spacial score (nSPS) is 17.8. The van der Waals surface area contributed by atoms with Gasteiger partial charge in [0.15, 0.2) is 18.1 Å². The summed E-state index contributed by atoms with van der Waals surface area (Å²) in [7, 11) is 0. The van der Waals surface area contributed by atoms with Crippen LogP contribution in [0.2, 0.25) is 0 Å². The highest BCUT2D eigenvalue weighted by Gasteiger charge is 2.16. The molecule has 0 N–H and O–H groups in total. The van der Waals surface area contributed by atoms with Crippen LogP contribution in [0.15, 0.2) is 23.4 Å². The molecule has 0 radical (unpaired) electrons. The summed E-state index contributed by atoms with van der Waals surface area (Å²) in [5.74, 6) is 1.45. The summed E-state index contributed by atoms with van der Waals surface area (Å²) in [6.07, 6.45) is 4.55. The lowest BCUT2D eigenvalue weighted by Gasteiger charge is -2.19. The van der Waals surface area contributed by atoms with Gasteiger partial charge in [0.25, 0.3) is 5.91 Å². The number of amides is 1. The number of nitrogens with zero attached hydrogens (tertiary/aromatic N) is 2. The van der Waals surface area contributed by atoms with Gasteiger partial charge in [-0.05, 0) is 38.0 Å². The van der Waals surface area contributed by atoms with E-state index >= 15 is 0 Å². The number of rotatable bonds is 4. The summed E-state index contributed by atoms with van der Waals surface area (Å²) < 4.78 is 10.6. The highest BCUT2D eigenvalue weighted by molar-refractivity contribution is 5.99. The molecule has 2 aliphatic rings. The third-order valence-electron chi connectivity index (χ3n) is 4.14. The van der Waals surface area contributed by atoms with Crippen LogP contribution in [0.1, 0.15) is 38.2 Å². The third kappa shape index (κ3) is 3.94. The van der Waals surface area contributed by atoms with E-state index in [2.05, 4.69) is 5.16 Å². The van der Waals surface area contributed by atoms with E-state index in [1.165, 1.54) is 12.8 Å². The molecular weight excluding hydrogens is 296 g/mol. The van der Waals surface area contributed by atoms with Crippen LogP contribution in [-0.4, -0.2) is 43.0 Å². The molecule has 6 heteroatoms. The zero-order valence-electron chi connectivity index (χ0n) is 13.4. The molecule has 23 heavy (non-hydrogen) atoms. The molecule has 1 fully saturated rings. The van der Waals surface area contributed by atoms with Crippen molar-refractivity contribution in [3.8, 4) is 11.5 Å². The lowest BCUT2D eigenvalue weighted by Crippen LogP contribution is -2.34. The summed E-state index contributed by atoms with van der Waals surface area (Å²) in [5.41, 5.74) is 1.59. The van der Waals surface area contributed by atoms with Crippen LogP contribution in [0.3, 0.4) is 0 Å². The number of ether oxygens (including phenoxy) is 2. The largest absolute Gasteiger partial charge is 0.454 e. The van der Waals surface area contributed by atoms with E-state index in [1.54, 1.807) is 0 Å². The van der Waals surface area contributed by atoms with Gasteiger partial charge in [-0.2, -0.15) is 0 Å². The zero-order valence-corrected chi connectivity index (χ0v) is 13.4. The van der Waals surface area contributed by atoms with Crippen molar-refractivity contribution >= 4 is 11.6 Å². The molecule has 1 aromatic carbocycles. The minimum absolute atomic E-state index is 0.00846. The van der Waals surface area contributed by atoms with Crippen molar-refractivity contribution in [3.63, 3.8) is 0 Å². The highest BCUT2D eigenvalue weighted by Crippen LogP contribution is 2.32. The first-order valence-corrected chi connectivity index (χ1v) is 8.08. The Hall–Kier alpha value is -2.24. The minimum atomic E-state index is -0.0120. The monoisotopic (exact) mass is 318 g/mol. The molecule has 2 aliphatic heterocycles. The smallest absolute Gasteiger partial charge is 0.263 e. The third-order valence-corrected chi connectivity index (χ3v) is 4.14. The van der Waals surface area contributed by atoms with Gasteiger partial charge < -0.3 is 19.2 Å². The fourth-order valence-electron chi connectivity index (χ4n) is 2.77.